The van der Waals surface area contributed by atoms with Gasteiger partial charge in [0.15, 0.2) is 0 Å². The largest absolute Gasteiger partial charge is 0.480 e. The average Bonchev–Trinajstić information content (AvgIpc) is 2.21. The zero-order chi connectivity index (χ0) is 12.7. The summed E-state index contributed by atoms with van der Waals surface area (Å²) in [5.41, 5.74) is 5.75. The van der Waals surface area contributed by atoms with Gasteiger partial charge in [-0.1, -0.05) is 13.0 Å². The first kappa shape index (κ1) is 14.4. The van der Waals surface area contributed by atoms with Crippen LogP contribution in [0.3, 0.4) is 0 Å². The number of amides is 1. The van der Waals surface area contributed by atoms with Gasteiger partial charge in [-0.05, 0) is 20.3 Å². The molecule has 0 spiro atoms. The van der Waals surface area contributed by atoms with Crippen LogP contribution in [0.2, 0.25) is 0 Å². The van der Waals surface area contributed by atoms with E-state index in [4.69, 9.17) is 10.8 Å². The maximum Gasteiger partial charge on any atom is 0.326 e. The molecule has 0 radical (unpaired) electrons. The molecule has 0 aromatic carbocycles. The Morgan fingerprint density at radius 2 is 2.00 bits per heavy atom. The molecule has 2 atom stereocenters. The SMILES string of the molecule is C/C=C(\NC(C)N)C(=O)N[C@@H](CC)C(=O)O. The van der Waals surface area contributed by atoms with Gasteiger partial charge in [0.1, 0.15) is 6.04 Å². The summed E-state index contributed by atoms with van der Waals surface area (Å²) < 4.78 is 0. The molecule has 0 aliphatic rings. The standard InChI is InChI=1S/C10H19N3O3/c1-4-7(12-6(3)11)9(14)13-8(5-2)10(15)16/h4,6,8,12H,5,11H2,1-3H3,(H,13,14)(H,15,16)/b7-4-/t6?,8-/m0/s1. The van der Waals surface area contributed by atoms with Gasteiger partial charge in [0, 0.05) is 0 Å². The van der Waals surface area contributed by atoms with Crippen LogP contribution in [0.5, 0.6) is 0 Å². The number of hydrogen-bond acceptors (Lipinski definition) is 4. The molecule has 0 aromatic rings. The highest BCUT2D eigenvalue weighted by Gasteiger charge is 2.19. The summed E-state index contributed by atoms with van der Waals surface area (Å²) in [7, 11) is 0. The third-order valence-corrected chi connectivity index (χ3v) is 1.93. The van der Waals surface area contributed by atoms with Crippen molar-refractivity contribution in [3.05, 3.63) is 11.8 Å². The zero-order valence-corrected chi connectivity index (χ0v) is 9.78. The van der Waals surface area contributed by atoms with Crippen molar-refractivity contribution in [1.82, 2.24) is 10.6 Å². The van der Waals surface area contributed by atoms with E-state index in [0.717, 1.165) is 0 Å². The molecule has 0 aliphatic carbocycles. The number of hydrogen-bond donors (Lipinski definition) is 4. The monoisotopic (exact) mass is 229 g/mol. The van der Waals surface area contributed by atoms with Crippen molar-refractivity contribution in [3.63, 3.8) is 0 Å². The Labute approximate surface area is 94.9 Å². The number of carboxylic acids is 1. The van der Waals surface area contributed by atoms with Gasteiger partial charge in [0.05, 0.1) is 11.9 Å². The lowest BCUT2D eigenvalue weighted by Crippen LogP contribution is -2.45. The predicted molar refractivity (Wildman–Crippen MR) is 60.4 cm³/mol. The van der Waals surface area contributed by atoms with Crippen molar-refractivity contribution < 1.29 is 14.7 Å². The fourth-order valence-corrected chi connectivity index (χ4v) is 1.10. The van der Waals surface area contributed by atoms with Crippen molar-refractivity contribution in [2.24, 2.45) is 5.73 Å². The fraction of sp³-hybridized carbons (Fsp3) is 0.600. The Hall–Kier alpha value is -1.56. The highest BCUT2D eigenvalue weighted by atomic mass is 16.4. The quantitative estimate of drug-likeness (QED) is 0.372. The summed E-state index contributed by atoms with van der Waals surface area (Å²) in [6.45, 7) is 5.05. The Kier molecular flexibility index (Phi) is 6.17. The second-order valence-corrected chi connectivity index (χ2v) is 3.41. The van der Waals surface area contributed by atoms with E-state index in [1.807, 2.05) is 0 Å². The van der Waals surface area contributed by atoms with Gasteiger partial charge in [-0.25, -0.2) is 4.79 Å². The molecule has 16 heavy (non-hydrogen) atoms. The summed E-state index contributed by atoms with van der Waals surface area (Å²) in [5, 5.41) is 13.9. The maximum atomic E-state index is 11.6. The van der Waals surface area contributed by atoms with Crippen LogP contribution in [0.25, 0.3) is 0 Å². The van der Waals surface area contributed by atoms with Gasteiger partial charge in [-0.3, -0.25) is 4.79 Å². The molecule has 0 aliphatic heterocycles. The van der Waals surface area contributed by atoms with Crippen molar-refractivity contribution >= 4 is 11.9 Å². The minimum Gasteiger partial charge on any atom is -0.480 e. The highest BCUT2D eigenvalue weighted by molar-refractivity contribution is 5.95. The number of carboxylic acid groups (broad SMARTS) is 1. The molecule has 0 saturated carbocycles. The first-order chi connectivity index (χ1) is 7.42. The van der Waals surface area contributed by atoms with E-state index in [0.29, 0.717) is 6.42 Å². The van der Waals surface area contributed by atoms with Crippen LogP contribution in [-0.4, -0.2) is 29.2 Å². The second kappa shape index (κ2) is 6.84. The van der Waals surface area contributed by atoms with Crippen LogP contribution in [0, 0.1) is 0 Å². The van der Waals surface area contributed by atoms with Crippen LogP contribution in [0.15, 0.2) is 11.8 Å². The number of carbonyl (C=O) groups excluding carboxylic acids is 1. The van der Waals surface area contributed by atoms with E-state index in [-0.39, 0.29) is 11.9 Å². The van der Waals surface area contributed by atoms with E-state index in [1.165, 1.54) is 0 Å². The number of aliphatic carboxylic acids is 1. The molecular formula is C10H19N3O3. The first-order valence-electron chi connectivity index (χ1n) is 5.14. The van der Waals surface area contributed by atoms with Crippen molar-refractivity contribution in [2.75, 3.05) is 0 Å². The molecular weight excluding hydrogens is 210 g/mol. The Morgan fingerprint density at radius 1 is 1.44 bits per heavy atom. The molecule has 0 fully saturated rings. The summed E-state index contributed by atoms with van der Waals surface area (Å²) in [5.74, 6) is -1.51. The summed E-state index contributed by atoms with van der Waals surface area (Å²) in [6, 6.07) is -0.877. The number of nitrogens with two attached hydrogens (primary N) is 1. The van der Waals surface area contributed by atoms with Gasteiger partial charge >= 0.3 is 5.97 Å². The molecule has 0 rings (SSSR count). The highest BCUT2D eigenvalue weighted by Crippen LogP contribution is 1.96. The van der Waals surface area contributed by atoms with Gasteiger partial charge in [-0.15, -0.1) is 0 Å². The lowest BCUT2D eigenvalue weighted by Gasteiger charge is -2.16. The smallest absolute Gasteiger partial charge is 0.326 e. The molecule has 6 nitrogen and oxygen atoms in total. The third kappa shape index (κ3) is 4.79. The molecule has 0 saturated heterocycles. The van der Waals surface area contributed by atoms with E-state index in [9.17, 15) is 9.59 Å². The van der Waals surface area contributed by atoms with E-state index in [2.05, 4.69) is 10.6 Å². The minimum absolute atomic E-state index is 0.273. The van der Waals surface area contributed by atoms with E-state index < -0.39 is 17.9 Å². The summed E-state index contributed by atoms with van der Waals surface area (Å²) >= 11 is 0. The molecule has 1 amide bonds. The first-order valence-corrected chi connectivity index (χ1v) is 5.14. The second-order valence-electron chi connectivity index (χ2n) is 3.41. The van der Waals surface area contributed by atoms with Gasteiger partial charge in [0.2, 0.25) is 0 Å². The topological polar surface area (TPSA) is 104 Å². The maximum absolute atomic E-state index is 11.6. The Bertz CT molecular complexity index is 287. The average molecular weight is 229 g/mol. The van der Waals surface area contributed by atoms with Crippen LogP contribution < -0.4 is 16.4 Å². The number of nitrogens with one attached hydrogen (secondary N) is 2. The number of carbonyl (C=O) groups is 2. The van der Waals surface area contributed by atoms with Crippen LogP contribution in [0.1, 0.15) is 27.2 Å². The third-order valence-electron chi connectivity index (χ3n) is 1.93. The zero-order valence-electron chi connectivity index (χ0n) is 9.78. The summed E-state index contributed by atoms with van der Waals surface area (Å²) in [6.07, 6.45) is 1.51. The van der Waals surface area contributed by atoms with Gasteiger partial charge in [-0.2, -0.15) is 0 Å². The number of rotatable bonds is 6. The summed E-state index contributed by atoms with van der Waals surface area (Å²) in [4.78, 5) is 22.3. The van der Waals surface area contributed by atoms with Gasteiger partial charge < -0.3 is 21.5 Å². The van der Waals surface area contributed by atoms with Crippen LogP contribution >= 0.6 is 0 Å². The molecule has 0 bridgehead atoms. The van der Waals surface area contributed by atoms with Crippen molar-refractivity contribution in [1.29, 1.82) is 0 Å². The lowest BCUT2D eigenvalue weighted by atomic mass is 10.2. The lowest BCUT2D eigenvalue weighted by molar-refractivity contribution is -0.141. The molecule has 92 valence electrons. The van der Waals surface area contributed by atoms with Gasteiger partial charge in [0.25, 0.3) is 5.91 Å². The molecule has 6 heteroatoms. The fourth-order valence-electron chi connectivity index (χ4n) is 1.10. The minimum atomic E-state index is -1.05. The molecule has 1 unspecified atom stereocenters. The van der Waals surface area contributed by atoms with Crippen molar-refractivity contribution in [3.8, 4) is 0 Å². The normalized spacial score (nSPS) is 15.1. The van der Waals surface area contributed by atoms with Crippen LogP contribution in [0.4, 0.5) is 0 Å². The van der Waals surface area contributed by atoms with Crippen LogP contribution in [-0.2, 0) is 9.59 Å². The number of allylic oxidation sites excluding steroid dienone is 1. The van der Waals surface area contributed by atoms with E-state index in [1.54, 1.807) is 26.8 Å². The molecule has 5 N–H and O–H groups in total. The Balaban J connectivity index is 4.48. The Morgan fingerprint density at radius 3 is 2.31 bits per heavy atom. The predicted octanol–water partition coefficient (Wildman–Crippen LogP) is -0.236. The molecule has 0 heterocycles. The van der Waals surface area contributed by atoms with Crippen molar-refractivity contribution in [2.45, 2.75) is 39.4 Å². The molecule has 0 aromatic heterocycles. The van der Waals surface area contributed by atoms with E-state index >= 15 is 0 Å².